The molecule has 3 nitrogen and oxygen atoms in total. The van der Waals surface area contributed by atoms with Gasteiger partial charge in [0.1, 0.15) is 11.2 Å². The molecule has 4 heteroatoms. The van der Waals surface area contributed by atoms with E-state index < -0.39 is 0 Å². The van der Waals surface area contributed by atoms with Crippen molar-refractivity contribution in [2.45, 2.75) is 38.9 Å². The molecule has 0 N–H and O–H groups in total. The molecule has 1 aliphatic heterocycles. The number of hydrogen-bond acceptors (Lipinski definition) is 3. The van der Waals surface area contributed by atoms with Crippen LogP contribution in [-0.2, 0) is 9.31 Å². The smallest absolute Gasteiger partial charge is 0.456 e. The molecule has 0 unspecified atom stereocenters. The van der Waals surface area contributed by atoms with Gasteiger partial charge in [0, 0.05) is 10.8 Å². The summed E-state index contributed by atoms with van der Waals surface area (Å²) in [5.41, 5.74) is 4.35. The van der Waals surface area contributed by atoms with E-state index in [0.29, 0.717) is 0 Å². The molecule has 0 bridgehead atoms. The van der Waals surface area contributed by atoms with Crippen LogP contribution in [0.15, 0.2) is 83.3 Å². The molecule has 4 aromatic carbocycles. The van der Waals surface area contributed by atoms with E-state index in [1.807, 2.05) is 0 Å². The van der Waals surface area contributed by atoms with Crippen LogP contribution in [0.2, 0.25) is 0 Å². The van der Waals surface area contributed by atoms with Gasteiger partial charge in [0.25, 0.3) is 0 Å². The Balaban J connectivity index is 1.41. The van der Waals surface area contributed by atoms with E-state index in [2.05, 4.69) is 107 Å². The fourth-order valence-electron chi connectivity index (χ4n) is 4.49. The van der Waals surface area contributed by atoms with Gasteiger partial charge in [0.15, 0.2) is 0 Å². The molecule has 2 heterocycles. The Hall–Kier alpha value is -3.08. The summed E-state index contributed by atoms with van der Waals surface area (Å²) < 4.78 is 18.8. The third-order valence-electron chi connectivity index (χ3n) is 7.08. The molecule has 1 fully saturated rings. The minimum atomic E-state index is -0.373. The zero-order valence-electron chi connectivity index (χ0n) is 18.8. The third kappa shape index (κ3) is 2.98. The standard InChI is InChI=1S/C28H25BO3/c1-27(2)28(3,4)32-29(31-27)22-11-7-10-18(14-22)21-12-13-23-24-15-19-8-5-6-9-20(19)16-26(24)30-25(23)17-21/h5-17H,1-4H3. The second-order valence-electron chi connectivity index (χ2n) is 9.72. The second-order valence-corrected chi connectivity index (χ2v) is 9.72. The maximum Gasteiger partial charge on any atom is 0.494 e. The Kier molecular flexibility index (Phi) is 4.11. The Labute approximate surface area is 188 Å². The summed E-state index contributed by atoms with van der Waals surface area (Å²) in [6.07, 6.45) is 0. The highest BCUT2D eigenvalue weighted by molar-refractivity contribution is 6.62. The molecule has 0 spiro atoms. The van der Waals surface area contributed by atoms with Gasteiger partial charge in [-0.1, -0.05) is 54.6 Å². The highest BCUT2D eigenvalue weighted by Crippen LogP contribution is 2.37. The number of fused-ring (bicyclic) bond motifs is 4. The monoisotopic (exact) mass is 420 g/mol. The van der Waals surface area contributed by atoms with Gasteiger partial charge in [-0.15, -0.1) is 0 Å². The largest absolute Gasteiger partial charge is 0.494 e. The van der Waals surface area contributed by atoms with Gasteiger partial charge in [-0.2, -0.15) is 0 Å². The van der Waals surface area contributed by atoms with Crippen molar-refractivity contribution < 1.29 is 13.7 Å². The molecular formula is C28H25BO3. The molecule has 1 saturated heterocycles. The van der Waals surface area contributed by atoms with E-state index in [1.165, 1.54) is 10.8 Å². The number of furan rings is 1. The predicted octanol–water partition coefficient (Wildman–Crippen LogP) is 6.71. The van der Waals surface area contributed by atoms with E-state index in [-0.39, 0.29) is 18.3 Å². The summed E-state index contributed by atoms with van der Waals surface area (Å²) in [7, 11) is -0.373. The molecule has 5 aromatic rings. The molecule has 0 saturated carbocycles. The van der Waals surface area contributed by atoms with Crippen molar-refractivity contribution in [2.75, 3.05) is 0 Å². The highest BCUT2D eigenvalue weighted by Gasteiger charge is 2.51. The summed E-state index contributed by atoms with van der Waals surface area (Å²) in [4.78, 5) is 0. The second kappa shape index (κ2) is 6.71. The topological polar surface area (TPSA) is 31.6 Å². The number of benzene rings is 4. The van der Waals surface area contributed by atoms with Crippen molar-refractivity contribution >= 4 is 45.3 Å². The minimum Gasteiger partial charge on any atom is -0.456 e. The van der Waals surface area contributed by atoms with Crippen LogP contribution in [0.25, 0.3) is 43.8 Å². The van der Waals surface area contributed by atoms with Crippen LogP contribution in [0.1, 0.15) is 27.7 Å². The first-order chi connectivity index (χ1) is 15.3. The number of rotatable bonds is 2. The average Bonchev–Trinajstić information content (AvgIpc) is 3.23. The maximum absolute atomic E-state index is 6.26. The van der Waals surface area contributed by atoms with Gasteiger partial charge in [-0.25, -0.2) is 0 Å². The SMILES string of the molecule is CC1(C)OB(c2cccc(-c3ccc4c(c3)oc3cc5ccccc5cc34)c2)OC1(C)C. The first-order valence-electron chi connectivity index (χ1n) is 11.1. The zero-order chi connectivity index (χ0) is 22.1. The van der Waals surface area contributed by atoms with Crippen LogP contribution in [0, 0.1) is 0 Å². The summed E-state index contributed by atoms with van der Waals surface area (Å²) in [5, 5.41) is 4.70. The molecule has 0 amide bonds. The Morgan fingerprint density at radius 1 is 0.594 bits per heavy atom. The van der Waals surface area contributed by atoms with Gasteiger partial charge in [-0.3, -0.25) is 0 Å². The average molecular weight is 420 g/mol. The summed E-state index contributed by atoms with van der Waals surface area (Å²) in [6.45, 7) is 8.32. The van der Waals surface area contributed by atoms with E-state index in [4.69, 9.17) is 13.7 Å². The van der Waals surface area contributed by atoms with E-state index >= 15 is 0 Å². The van der Waals surface area contributed by atoms with E-state index in [0.717, 1.165) is 38.5 Å². The Morgan fingerprint density at radius 3 is 2.00 bits per heavy atom. The van der Waals surface area contributed by atoms with Crippen LogP contribution in [-0.4, -0.2) is 18.3 Å². The van der Waals surface area contributed by atoms with Crippen molar-refractivity contribution in [3.05, 3.63) is 78.9 Å². The maximum atomic E-state index is 6.26. The normalized spacial score (nSPS) is 17.6. The number of hydrogen-bond donors (Lipinski definition) is 0. The molecule has 1 aliphatic rings. The van der Waals surface area contributed by atoms with Gasteiger partial charge in [0.2, 0.25) is 0 Å². The van der Waals surface area contributed by atoms with Gasteiger partial charge in [-0.05, 0) is 79.3 Å². The van der Waals surface area contributed by atoms with Crippen LogP contribution in [0.4, 0.5) is 0 Å². The summed E-state index contributed by atoms with van der Waals surface area (Å²) in [5.74, 6) is 0. The van der Waals surface area contributed by atoms with Gasteiger partial charge in [0.05, 0.1) is 11.2 Å². The van der Waals surface area contributed by atoms with Crippen molar-refractivity contribution in [3.63, 3.8) is 0 Å². The van der Waals surface area contributed by atoms with Crippen molar-refractivity contribution in [1.82, 2.24) is 0 Å². The van der Waals surface area contributed by atoms with Crippen LogP contribution in [0.3, 0.4) is 0 Å². The fourth-order valence-corrected chi connectivity index (χ4v) is 4.49. The lowest BCUT2D eigenvalue weighted by molar-refractivity contribution is 0.00578. The molecule has 0 radical (unpaired) electrons. The molecule has 0 aliphatic carbocycles. The lowest BCUT2D eigenvalue weighted by atomic mass is 9.78. The van der Waals surface area contributed by atoms with Crippen molar-refractivity contribution in [3.8, 4) is 11.1 Å². The lowest BCUT2D eigenvalue weighted by Gasteiger charge is -2.32. The van der Waals surface area contributed by atoms with Crippen molar-refractivity contribution in [1.29, 1.82) is 0 Å². The Morgan fingerprint density at radius 2 is 1.25 bits per heavy atom. The minimum absolute atomic E-state index is 0.357. The van der Waals surface area contributed by atoms with Gasteiger partial charge >= 0.3 is 7.12 Å². The van der Waals surface area contributed by atoms with Crippen LogP contribution < -0.4 is 5.46 Å². The van der Waals surface area contributed by atoms with Crippen LogP contribution in [0.5, 0.6) is 0 Å². The molecular weight excluding hydrogens is 395 g/mol. The highest BCUT2D eigenvalue weighted by atomic mass is 16.7. The quantitative estimate of drug-likeness (QED) is 0.298. The van der Waals surface area contributed by atoms with E-state index in [1.54, 1.807) is 0 Å². The predicted molar refractivity (Wildman–Crippen MR) is 132 cm³/mol. The van der Waals surface area contributed by atoms with Crippen molar-refractivity contribution in [2.24, 2.45) is 0 Å². The van der Waals surface area contributed by atoms with E-state index in [9.17, 15) is 0 Å². The zero-order valence-corrected chi connectivity index (χ0v) is 18.8. The fraction of sp³-hybridized carbons (Fsp3) is 0.214. The van der Waals surface area contributed by atoms with Crippen LogP contribution >= 0.6 is 0 Å². The molecule has 32 heavy (non-hydrogen) atoms. The Bertz CT molecular complexity index is 1480. The lowest BCUT2D eigenvalue weighted by Crippen LogP contribution is -2.41. The molecule has 0 atom stereocenters. The van der Waals surface area contributed by atoms with Gasteiger partial charge < -0.3 is 13.7 Å². The molecule has 1 aromatic heterocycles. The first kappa shape index (κ1) is 19.6. The first-order valence-corrected chi connectivity index (χ1v) is 11.1. The summed E-state index contributed by atoms with van der Waals surface area (Å²) >= 11 is 0. The molecule has 6 rings (SSSR count). The third-order valence-corrected chi connectivity index (χ3v) is 7.08. The molecule has 158 valence electrons. The summed E-state index contributed by atoms with van der Waals surface area (Å²) in [6, 6.07) is 27.6.